The molecule has 156 valence electrons. The molecule has 1 amide bonds. The molecule has 0 aliphatic carbocycles. The molecule has 1 aromatic carbocycles. The van der Waals surface area contributed by atoms with Gasteiger partial charge in [0.1, 0.15) is 17.2 Å². The zero-order valence-electron chi connectivity index (χ0n) is 15.4. The minimum absolute atomic E-state index is 0.00787. The molecule has 1 atom stereocenters. The summed E-state index contributed by atoms with van der Waals surface area (Å²) in [4.78, 5) is 28.1. The summed E-state index contributed by atoms with van der Waals surface area (Å²) >= 11 is 5.94. The standard InChI is InChI=1S/C18H15ClF3N7O/c1-9(28-16(30)14-13(19)15(23)27-8-26-14)10-6-24-17(25-7-10)29-12-4-2-11(3-5-12)18(20,21)22/h2-9H,1H3,(H,28,30)(H2,23,26,27)(H,24,25,29). The lowest BCUT2D eigenvalue weighted by atomic mass is 10.2. The zero-order chi connectivity index (χ0) is 21.9. The number of anilines is 3. The van der Waals surface area contributed by atoms with Crippen molar-refractivity contribution in [1.29, 1.82) is 0 Å². The number of amides is 1. The Labute approximate surface area is 173 Å². The second-order valence-corrected chi connectivity index (χ2v) is 6.53. The van der Waals surface area contributed by atoms with Crippen molar-refractivity contribution in [3.05, 3.63) is 64.8 Å². The largest absolute Gasteiger partial charge is 0.416 e. The number of halogens is 4. The molecule has 2 aromatic heterocycles. The van der Waals surface area contributed by atoms with E-state index in [-0.39, 0.29) is 22.5 Å². The normalized spacial score (nSPS) is 12.3. The van der Waals surface area contributed by atoms with E-state index in [1.165, 1.54) is 24.5 Å². The summed E-state index contributed by atoms with van der Waals surface area (Å²) in [6, 6.07) is 3.99. The highest BCUT2D eigenvalue weighted by molar-refractivity contribution is 6.35. The maximum atomic E-state index is 12.6. The van der Waals surface area contributed by atoms with Gasteiger partial charge in [0.15, 0.2) is 5.69 Å². The Bertz CT molecular complexity index is 1040. The maximum Gasteiger partial charge on any atom is 0.416 e. The van der Waals surface area contributed by atoms with Crippen LogP contribution in [0.4, 0.5) is 30.6 Å². The highest BCUT2D eigenvalue weighted by atomic mass is 35.5. The van der Waals surface area contributed by atoms with Crippen LogP contribution in [-0.2, 0) is 6.18 Å². The molecule has 4 N–H and O–H groups in total. The van der Waals surface area contributed by atoms with Gasteiger partial charge < -0.3 is 16.4 Å². The Morgan fingerprint density at radius 2 is 1.73 bits per heavy atom. The number of aromatic nitrogens is 4. The lowest BCUT2D eigenvalue weighted by Crippen LogP contribution is -2.28. The first-order chi connectivity index (χ1) is 14.1. The lowest BCUT2D eigenvalue weighted by Gasteiger charge is -2.14. The zero-order valence-corrected chi connectivity index (χ0v) is 16.2. The van der Waals surface area contributed by atoms with Gasteiger partial charge in [-0.2, -0.15) is 13.2 Å². The molecule has 1 unspecified atom stereocenters. The van der Waals surface area contributed by atoms with Crippen molar-refractivity contribution in [2.45, 2.75) is 19.1 Å². The fourth-order valence-electron chi connectivity index (χ4n) is 2.39. The number of carbonyl (C=O) groups excluding carboxylic acids is 1. The van der Waals surface area contributed by atoms with Gasteiger partial charge in [0, 0.05) is 23.6 Å². The molecule has 3 rings (SSSR count). The van der Waals surface area contributed by atoms with Gasteiger partial charge in [0.25, 0.3) is 5.91 Å². The average molecular weight is 438 g/mol. The summed E-state index contributed by atoms with van der Waals surface area (Å²) in [7, 11) is 0. The molecule has 0 spiro atoms. The highest BCUT2D eigenvalue weighted by Gasteiger charge is 2.30. The Balaban J connectivity index is 1.65. The van der Waals surface area contributed by atoms with Gasteiger partial charge in [0.2, 0.25) is 5.95 Å². The third-order valence-electron chi connectivity index (χ3n) is 4.02. The second kappa shape index (κ2) is 8.49. The van der Waals surface area contributed by atoms with Crippen molar-refractivity contribution < 1.29 is 18.0 Å². The number of nitrogens with two attached hydrogens (primary N) is 1. The molecular formula is C18H15ClF3N7O. The number of hydrogen-bond donors (Lipinski definition) is 3. The number of carbonyl (C=O) groups is 1. The number of hydrogen-bond acceptors (Lipinski definition) is 7. The number of rotatable bonds is 5. The quantitative estimate of drug-likeness (QED) is 0.556. The molecule has 0 fully saturated rings. The van der Waals surface area contributed by atoms with Crippen LogP contribution in [0.25, 0.3) is 0 Å². The van der Waals surface area contributed by atoms with Crippen LogP contribution in [0.3, 0.4) is 0 Å². The van der Waals surface area contributed by atoms with Crippen LogP contribution in [-0.4, -0.2) is 25.8 Å². The number of nitrogen functional groups attached to an aromatic ring is 1. The molecule has 2 heterocycles. The van der Waals surface area contributed by atoms with Gasteiger partial charge in [-0.05, 0) is 31.2 Å². The Hall–Kier alpha value is -3.47. The number of benzene rings is 1. The van der Waals surface area contributed by atoms with Gasteiger partial charge in [0.05, 0.1) is 11.6 Å². The van der Waals surface area contributed by atoms with Crippen molar-refractivity contribution in [2.75, 3.05) is 11.1 Å². The van der Waals surface area contributed by atoms with E-state index >= 15 is 0 Å². The summed E-state index contributed by atoms with van der Waals surface area (Å²) in [5.74, 6) is -0.372. The smallest absolute Gasteiger partial charge is 0.382 e. The first-order valence-electron chi connectivity index (χ1n) is 8.48. The van der Waals surface area contributed by atoms with Crippen LogP contribution in [0.2, 0.25) is 5.02 Å². The van der Waals surface area contributed by atoms with E-state index in [0.717, 1.165) is 18.5 Å². The SMILES string of the molecule is CC(NC(=O)c1ncnc(N)c1Cl)c1cnc(Nc2ccc(C(F)(F)F)cc2)nc1. The van der Waals surface area contributed by atoms with Crippen molar-refractivity contribution >= 4 is 35.0 Å². The molecule has 8 nitrogen and oxygen atoms in total. The predicted octanol–water partition coefficient (Wildman–Crippen LogP) is 3.76. The van der Waals surface area contributed by atoms with Gasteiger partial charge in [-0.25, -0.2) is 19.9 Å². The van der Waals surface area contributed by atoms with E-state index in [4.69, 9.17) is 17.3 Å². The summed E-state index contributed by atoms with van der Waals surface area (Å²) in [6.07, 6.45) is -0.328. The van der Waals surface area contributed by atoms with Gasteiger partial charge in [-0.3, -0.25) is 4.79 Å². The Kier molecular flexibility index (Phi) is 6.01. The van der Waals surface area contributed by atoms with E-state index < -0.39 is 23.7 Å². The van der Waals surface area contributed by atoms with E-state index in [1.54, 1.807) is 6.92 Å². The maximum absolute atomic E-state index is 12.6. The fraction of sp³-hybridized carbons (Fsp3) is 0.167. The van der Waals surface area contributed by atoms with Crippen LogP contribution in [0.1, 0.15) is 34.6 Å². The summed E-state index contributed by atoms with van der Waals surface area (Å²) in [5, 5.41) is 5.45. The van der Waals surface area contributed by atoms with E-state index in [0.29, 0.717) is 11.3 Å². The van der Waals surface area contributed by atoms with Crippen molar-refractivity contribution in [3.8, 4) is 0 Å². The molecule has 0 radical (unpaired) electrons. The van der Waals surface area contributed by atoms with E-state index in [2.05, 4.69) is 30.6 Å². The molecule has 0 saturated carbocycles. The van der Waals surface area contributed by atoms with Crippen molar-refractivity contribution in [2.24, 2.45) is 0 Å². The second-order valence-electron chi connectivity index (χ2n) is 6.16. The van der Waals surface area contributed by atoms with Crippen molar-refractivity contribution in [3.63, 3.8) is 0 Å². The summed E-state index contributed by atoms with van der Waals surface area (Å²) < 4.78 is 37.8. The first-order valence-corrected chi connectivity index (χ1v) is 8.86. The van der Waals surface area contributed by atoms with Crippen LogP contribution in [0.15, 0.2) is 43.0 Å². The fourth-order valence-corrected chi connectivity index (χ4v) is 2.57. The van der Waals surface area contributed by atoms with Gasteiger partial charge >= 0.3 is 6.18 Å². The number of alkyl halides is 3. The topological polar surface area (TPSA) is 119 Å². The van der Waals surface area contributed by atoms with Gasteiger partial charge in [-0.15, -0.1) is 0 Å². The molecular weight excluding hydrogens is 423 g/mol. The minimum Gasteiger partial charge on any atom is -0.382 e. The first kappa shape index (κ1) is 21.2. The molecule has 30 heavy (non-hydrogen) atoms. The van der Waals surface area contributed by atoms with E-state index in [9.17, 15) is 18.0 Å². The lowest BCUT2D eigenvalue weighted by molar-refractivity contribution is -0.137. The van der Waals surface area contributed by atoms with Crippen LogP contribution in [0, 0.1) is 0 Å². The van der Waals surface area contributed by atoms with Crippen LogP contribution in [0.5, 0.6) is 0 Å². The van der Waals surface area contributed by atoms with E-state index in [1.807, 2.05) is 0 Å². The molecule has 0 bridgehead atoms. The highest BCUT2D eigenvalue weighted by Crippen LogP contribution is 2.30. The molecule has 12 heteroatoms. The third kappa shape index (κ3) is 4.92. The average Bonchev–Trinajstić information content (AvgIpc) is 2.70. The molecule has 3 aromatic rings. The number of nitrogens with zero attached hydrogens (tertiary/aromatic N) is 4. The predicted molar refractivity (Wildman–Crippen MR) is 104 cm³/mol. The molecule has 0 aliphatic heterocycles. The van der Waals surface area contributed by atoms with Crippen molar-refractivity contribution in [1.82, 2.24) is 25.3 Å². The van der Waals surface area contributed by atoms with Gasteiger partial charge in [-0.1, -0.05) is 11.6 Å². The minimum atomic E-state index is -4.40. The number of nitrogens with one attached hydrogen (secondary N) is 2. The molecule has 0 aliphatic rings. The Morgan fingerprint density at radius 1 is 1.10 bits per heavy atom. The Morgan fingerprint density at radius 3 is 2.33 bits per heavy atom. The molecule has 0 saturated heterocycles. The third-order valence-corrected chi connectivity index (χ3v) is 4.39. The van der Waals surface area contributed by atoms with Crippen LogP contribution >= 0.6 is 11.6 Å². The monoisotopic (exact) mass is 437 g/mol. The summed E-state index contributed by atoms with van der Waals surface area (Å²) in [6.45, 7) is 1.71. The summed E-state index contributed by atoms with van der Waals surface area (Å²) in [5.41, 5.74) is 5.73. The van der Waals surface area contributed by atoms with Crippen LogP contribution < -0.4 is 16.4 Å².